The Kier molecular flexibility index (Phi) is 5.95. The van der Waals surface area contributed by atoms with Gasteiger partial charge < -0.3 is 23.9 Å². The van der Waals surface area contributed by atoms with Crippen molar-refractivity contribution < 1.29 is 18.7 Å². The van der Waals surface area contributed by atoms with Crippen molar-refractivity contribution in [3.8, 4) is 11.5 Å². The van der Waals surface area contributed by atoms with Gasteiger partial charge in [-0.15, -0.1) is 0 Å². The maximum atomic E-state index is 13.4. The molecule has 1 aliphatic rings. The molecule has 2 amide bonds. The SMILES string of the molecule is COCCCN1C(=O)c2ccc(-c3ccco3)n2C[C@]1(C)C(=O)NCc1ccccc1. The molecule has 1 aliphatic heterocycles. The van der Waals surface area contributed by atoms with Gasteiger partial charge in [0.2, 0.25) is 5.91 Å². The van der Waals surface area contributed by atoms with E-state index in [0.29, 0.717) is 44.1 Å². The number of aromatic nitrogens is 1. The maximum absolute atomic E-state index is 13.4. The Balaban J connectivity index is 1.65. The van der Waals surface area contributed by atoms with Crippen LogP contribution in [0.1, 0.15) is 29.4 Å². The number of carbonyl (C=O) groups is 2. The highest BCUT2D eigenvalue weighted by molar-refractivity contribution is 6.00. The molecule has 7 nitrogen and oxygen atoms in total. The van der Waals surface area contributed by atoms with E-state index < -0.39 is 5.54 Å². The fraction of sp³-hybridized carbons (Fsp3) is 0.333. The molecular weight excluding hydrogens is 394 g/mol. The van der Waals surface area contributed by atoms with Crippen molar-refractivity contribution in [2.75, 3.05) is 20.3 Å². The van der Waals surface area contributed by atoms with E-state index in [2.05, 4.69) is 5.32 Å². The van der Waals surface area contributed by atoms with Crippen LogP contribution < -0.4 is 5.32 Å². The molecule has 162 valence electrons. The number of rotatable bonds is 8. The van der Waals surface area contributed by atoms with Crippen LogP contribution in [0.3, 0.4) is 0 Å². The predicted molar refractivity (Wildman–Crippen MR) is 116 cm³/mol. The first-order chi connectivity index (χ1) is 15.0. The van der Waals surface area contributed by atoms with Gasteiger partial charge in [-0.3, -0.25) is 9.59 Å². The smallest absolute Gasteiger partial charge is 0.271 e. The molecule has 3 aromatic rings. The highest BCUT2D eigenvalue weighted by Crippen LogP contribution is 2.33. The van der Waals surface area contributed by atoms with Crippen molar-refractivity contribution in [1.82, 2.24) is 14.8 Å². The summed E-state index contributed by atoms with van der Waals surface area (Å²) in [5.74, 6) is 0.309. The molecule has 0 fully saturated rings. The summed E-state index contributed by atoms with van der Waals surface area (Å²) >= 11 is 0. The van der Waals surface area contributed by atoms with Crippen LogP contribution >= 0.6 is 0 Å². The second-order valence-electron chi connectivity index (χ2n) is 7.91. The molecule has 0 spiro atoms. The number of nitrogens with one attached hydrogen (secondary N) is 1. The minimum Gasteiger partial charge on any atom is -0.463 e. The summed E-state index contributed by atoms with van der Waals surface area (Å²) in [5, 5.41) is 3.03. The number of hydrogen-bond acceptors (Lipinski definition) is 4. The van der Waals surface area contributed by atoms with Crippen LogP contribution in [0.25, 0.3) is 11.5 Å². The standard InChI is InChI=1S/C24H27N3O4/c1-24(23(29)25-16-18-8-4-3-5-9-18)17-26-19(21-10-6-15-31-21)11-12-20(26)22(28)27(24)13-7-14-30-2/h3-6,8-12,15H,7,13-14,16-17H2,1-2H3,(H,25,29)/t24-/m1/s1. The lowest BCUT2D eigenvalue weighted by molar-refractivity contribution is -0.133. The summed E-state index contributed by atoms with van der Waals surface area (Å²) in [6, 6.07) is 17.1. The molecule has 31 heavy (non-hydrogen) atoms. The van der Waals surface area contributed by atoms with Crippen molar-refractivity contribution in [2.24, 2.45) is 0 Å². The van der Waals surface area contributed by atoms with Crippen molar-refractivity contribution >= 4 is 11.8 Å². The molecule has 1 N–H and O–H groups in total. The monoisotopic (exact) mass is 421 g/mol. The van der Waals surface area contributed by atoms with Crippen molar-refractivity contribution in [3.05, 3.63) is 72.1 Å². The lowest BCUT2D eigenvalue weighted by atomic mass is 9.94. The van der Waals surface area contributed by atoms with E-state index in [1.165, 1.54) is 0 Å². The predicted octanol–water partition coefficient (Wildman–Crippen LogP) is 3.32. The van der Waals surface area contributed by atoms with Gasteiger partial charge in [0.15, 0.2) is 0 Å². The fourth-order valence-electron chi connectivity index (χ4n) is 4.10. The number of nitrogens with zero attached hydrogens (tertiary/aromatic N) is 2. The molecule has 0 radical (unpaired) electrons. The first-order valence-electron chi connectivity index (χ1n) is 10.4. The van der Waals surface area contributed by atoms with Gasteiger partial charge in [-0.05, 0) is 43.2 Å². The van der Waals surface area contributed by atoms with Gasteiger partial charge in [0, 0.05) is 26.8 Å². The molecular formula is C24H27N3O4. The quantitative estimate of drug-likeness (QED) is 0.566. The molecule has 4 rings (SSSR count). The first kappa shape index (κ1) is 20.9. The number of amides is 2. The number of fused-ring (bicyclic) bond motifs is 1. The highest BCUT2D eigenvalue weighted by Gasteiger charge is 2.47. The normalized spacial score (nSPS) is 18.1. The van der Waals surface area contributed by atoms with Crippen LogP contribution in [0.2, 0.25) is 0 Å². The Morgan fingerprint density at radius 2 is 1.90 bits per heavy atom. The van der Waals surface area contributed by atoms with Crippen molar-refractivity contribution in [1.29, 1.82) is 0 Å². The van der Waals surface area contributed by atoms with E-state index in [0.717, 1.165) is 11.3 Å². The minimum absolute atomic E-state index is 0.169. The zero-order chi connectivity index (χ0) is 21.8. The molecule has 1 atom stereocenters. The minimum atomic E-state index is -1.05. The number of hydrogen-bond donors (Lipinski definition) is 1. The van der Waals surface area contributed by atoms with Crippen LogP contribution in [-0.2, 0) is 22.6 Å². The van der Waals surface area contributed by atoms with E-state index in [4.69, 9.17) is 9.15 Å². The molecule has 0 aliphatic carbocycles. The number of carbonyl (C=O) groups excluding carboxylic acids is 2. The Morgan fingerprint density at radius 3 is 2.61 bits per heavy atom. The van der Waals surface area contributed by atoms with E-state index in [1.807, 2.05) is 60.0 Å². The third-order valence-corrected chi connectivity index (χ3v) is 5.80. The lowest BCUT2D eigenvalue weighted by Crippen LogP contribution is -2.64. The van der Waals surface area contributed by atoms with E-state index in [-0.39, 0.29) is 11.8 Å². The van der Waals surface area contributed by atoms with E-state index in [9.17, 15) is 9.59 Å². The molecule has 0 bridgehead atoms. The van der Waals surface area contributed by atoms with Gasteiger partial charge in [-0.25, -0.2) is 0 Å². The van der Waals surface area contributed by atoms with E-state index >= 15 is 0 Å². The molecule has 7 heteroatoms. The average Bonchev–Trinajstić information content (AvgIpc) is 3.45. The molecule has 1 aromatic carbocycles. The van der Waals surface area contributed by atoms with Crippen LogP contribution in [0.5, 0.6) is 0 Å². The molecule has 0 saturated heterocycles. The maximum Gasteiger partial charge on any atom is 0.271 e. The van der Waals surface area contributed by atoms with Crippen LogP contribution in [0, 0.1) is 0 Å². The zero-order valence-electron chi connectivity index (χ0n) is 17.8. The van der Waals surface area contributed by atoms with Gasteiger partial charge in [0.05, 0.1) is 18.5 Å². The second kappa shape index (κ2) is 8.81. The van der Waals surface area contributed by atoms with Crippen LogP contribution in [-0.4, -0.2) is 47.1 Å². The number of furan rings is 1. The average molecular weight is 421 g/mol. The molecule has 3 heterocycles. The summed E-state index contributed by atoms with van der Waals surface area (Å²) in [6.07, 6.45) is 2.25. The van der Waals surface area contributed by atoms with Gasteiger partial charge in [0.1, 0.15) is 17.0 Å². The second-order valence-corrected chi connectivity index (χ2v) is 7.91. The lowest BCUT2D eigenvalue weighted by Gasteiger charge is -2.44. The van der Waals surface area contributed by atoms with Gasteiger partial charge in [-0.2, -0.15) is 0 Å². The number of ether oxygens (including phenoxy) is 1. The Labute approximate surface area is 181 Å². The van der Waals surface area contributed by atoms with Gasteiger partial charge >= 0.3 is 0 Å². The summed E-state index contributed by atoms with van der Waals surface area (Å²) < 4.78 is 12.6. The zero-order valence-corrected chi connectivity index (χ0v) is 17.8. The summed E-state index contributed by atoms with van der Waals surface area (Å²) in [4.78, 5) is 28.6. The largest absolute Gasteiger partial charge is 0.463 e. The summed E-state index contributed by atoms with van der Waals surface area (Å²) in [6.45, 7) is 3.52. The Morgan fingerprint density at radius 1 is 1.13 bits per heavy atom. The summed E-state index contributed by atoms with van der Waals surface area (Å²) in [7, 11) is 1.63. The first-order valence-corrected chi connectivity index (χ1v) is 10.4. The van der Waals surface area contributed by atoms with Crippen molar-refractivity contribution in [2.45, 2.75) is 32.0 Å². The topological polar surface area (TPSA) is 76.7 Å². The van der Waals surface area contributed by atoms with E-state index in [1.54, 1.807) is 24.3 Å². The van der Waals surface area contributed by atoms with Gasteiger partial charge in [-0.1, -0.05) is 30.3 Å². The number of benzene rings is 1. The Bertz CT molecular complexity index is 1040. The molecule has 2 aromatic heterocycles. The van der Waals surface area contributed by atoms with Gasteiger partial charge in [0.25, 0.3) is 5.91 Å². The third-order valence-electron chi connectivity index (χ3n) is 5.80. The Hall–Kier alpha value is -3.32. The highest BCUT2D eigenvalue weighted by atomic mass is 16.5. The summed E-state index contributed by atoms with van der Waals surface area (Å²) in [5.41, 5.74) is 1.29. The van der Waals surface area contributed by atoms with Crippen molar-refractivity contribution in [3.63, 3.8) is 0 Å². The molecule has 0 saturated carbocycles. The molecule has 0 unspecified atom stereocenters. The fourth-order valence-corrected chi connectivity index (χ4v) is 4.10. The van der Waals surface area contributed by atoms with Crippen LogP contribution in [0.15, 0.2) is 65.3 Å². The third kappa shape index (κ3) is 4.01. The number of methoxy groups -OCH3 is 1. The van der Waals surface area contributed by atoms with Crippen LogP contribution in [0.4, 0.5) is 0 Å².